The highest BCUT2D eigenvalue weighted by molar-refractivity contribution is 6.35. The maximum Gasteiger partial charge on any atom is 0.228 e. The van der Waals surface area contributed by atoms with Crippen LogP contribution in [0.15, 0.2) is 18.2 Å². The lowest BCUT2D eigenvalue weighted by Gasteiger charge is -2.31. The van der Waals surface area contributed by atoms with E-state index in [-0.39, 0.29) is 23.7 Å². The minimum absolute atomic E-state index is 0.0176. The van der Waals surface area contributed by atoms with Crippen LogP contribution in [0.2, 0.25) is 10.0 Å². The number of carbonyl (C=O) groups is 2. The van der Waals surface area contributed by atoms with Crippen LogP contribution in [0.3, 0.4) is 0 Å². The summed E-state index contributed by atoms with van der Waals surface area (Å²) in [5, 5.41) is 3.77. The lowest BCUT2D eigenvalue weighted by Crippen LogP contribution is -2.41. The number of benzene rings is 1. The van der Waals surface area contributed by atoms with E-state index >= 15 is 0 Å². The molecule has 1 aromatic rings. The zero-order valence-corrected chi connectivity index (χ0v) is 14.2. The van der Waals surface area contributed by atoms with Crippen molar-refractivity contribution in [1.82, 2.24) is 4.90 Å². The van der Waals surface area contributed by atoms with E-state index < -0.39 is 0 Å². The molecule has 1 aliphatic rings. The fraction of sp³-hybridized carbons (Fsp3) is 0.500. The standard InChI is InChI=1S/C16H20Cl2N2O2/c1-20(2)16(22)14-6-4-3-5-13(14)15(21)19-12-8-10(17)7-11(18)9-12/h7-9,13-14H,3-6H2,1-2H3,(H,19,21)/t13-,14+/m0/s1. The number of amides is 2. The normalized spacial score (nSPS) is 21.3. The van der Waals surface area contributed by atoms with Crippen molar-refractivity contribution in [2.75, 3.05) is 19.4 Å². The fourth-order valence-electron chi connectivity index (χ4n) is 2.93. The minimum Gasteiger partial charge on any atom is -0.349 e. The second-order valence-electron chi connectivity index (χ2n) is 5.88. The van der Waals surface area contributed by atoms with E-state index in [4.69, 9.17) is 23.2 Å². The number of nitrogens with zero attached hydrogens (tertiary/aromatic N) is 1. The first kappa shape index (κ1) is 17.1. The SMILES string of the molecule is CN(C)C(=O)[C@@H]1CCCC[C@@H]1C(=O)Nc1cc(Cl)cc(Cl)c1. The Bertz CT molecular complexity index is 555. The average molecular weight is 343 g/mol. The van der Waals surface area contributed by atoms with E-state index in [1.54, 1.807) is 37.2 Å². The Morgan fingerprint density at radius 3 is 2.14 bits per heavy atom. The molecule has 2 atom stereocenters. The van der Waals surface area contributed by atoms with Gasteiger partial charge in [-0.15, -0.1) is 0 Å². The third-order valence-electron chi connectivity index (χ3n) is 3.99. The molecular weight excluding hydrogens is 323 g/mol. The number of rotatable bonds is 3. The molecule has 1 aliphatic carbocycles. The van der Waals surface area contributed by atoms with Crippen LogP contribution < -0.4 is 5.32 Å². The van der Waals surface area contributed by atoms with Crippen LogP contribution in [0.4, 0.5) is 5.69 Å². The summed E-state index contributed by atoms with van der Waals surface area (Å²) >= 11 is 11.9. The zero-order valence-electron chi connectivity index (χ0n) is 12.7. The van der Waals surface area contributed by atoms with Gasteiger partial charge in [-0.05, 0) is 31.0 Å². The summed E-state index contributed by atoms with van der Waals surface area (Å²) in [6.45, 7) is 0. The van der Waals surface area contributed by atoms with E-state index in [1.165, 1.54) is 0 Å². The molecule has 1 saturated carbocycles. The smallest absolute Gasteiger partial charge is 0.228 e. The molecule has 4 nitrogen and oxygen atoms in total. The van der Waals surface area contributed by atoms with Crippen LogP contribution in [-0.4, -0.2) is 30.8 Å². The molecule has 6 heteroatoms. The maximum absolute atomic E-state index is 12.6. The van der Waals surface area contributed by atoms with Gasteiger partial charge in [-0.25, -0.2) is 0 Å². The molecule has 2 rings (SSSR count). The molecule has 0 bridgehead atoms. The van der Waals surface area contributed by atoms with Crippen molar-refractivity contribution in [3.05, 3.63) is 28.2 Å². The molecule has 1 N–H and O–H groups in total. The molecule has 0 radical (unpaired) electrons. The van der Waals surface area contributed by atoms with Crippen LogP contribution in [-0.2, 0) is 9.59 Å². The Labute approximate surface area is 140 Å². The van der Waals surface area contributed by atoms with Crippen LogP contribution >= 0.6 is 23.2 Å². The van der Waals surface area contributed by atoms with Crippen LogP contribution in [0.25, 0.3) is 0 Å². The quantitative estimate of drug-likeness (QED) is 0.907. The summed E-state index contributed by atoms with van der Waals surface area (Å²) in [5.41, 5.74) is 0.559. The van der Waals surface area contributed by atoms with E-state index in [0.717, 1.165) is 25.7 Å². The monoisotopic (exact) mass is 342 g/mol. The van der Waals surface area contributed by atoms with Crippen molar-refractivity contribution in [3.8, 4) is 0 Å². The number of halogens is 2. The number of carbonyl (C=O) groups excluding carboxylic acids is 2. The Morgan fingerprint density at radius 1 is 1.05 bits per heavy atom. The number of hydrogen-bond donors (Lipinski definition) is 1. The van der Waals surface area contributed by atoms with Crippen molar-refractivity contribution in [1.29, 1.82) is 0 Å². The van der Waals surface area contributed by atoms with Gasteiger partial charge in [0.2, 0.25) is 11.8 Å². The second kappa shape index (κ2) is 7.34. The maximum atomic E-state index is 12.6. The predicted octanol–water partition coefficient (Wildman–Crippen LogP) is 3.83. The largest absolute Gasteiger partial charge is 0.349 e. The number of nitrogens with one attached hydrogen (secondary N) is 1. The molecule has 0 spiro atoms. The first-order valence-electron chi connectivity index (χ1n) is 7.36. The molecule has 2 amide bonds. The van der Waals surface area contributed by atoms with Crippen molar-refractivity contribution in [3.63, 3.8) is 0 Å². The van der Waals surface area contributed by atoms with Gasteiger partial charge in [0.1, 0.15) is 0 Å². The number of anilines is 1. The van der Waals surface area contributed by atoms with Crippen LogP contribution in [0.1, 0.15) is 25.7 Å². The molecule has 0 aromatic heterocycles. The van der Waals surface area contributed by atoms with Gasteiger partial charge in [-0.3, -0.25) is 9.59 Å². The summed E-state index contributed by atoms with van der Waals surface area (Å²) in [6.07, 6.45) is 3.43. The summed E-state index contributed by atoms with van der Waals surface area (Å²) < 4.78 is 0. The van der Waals surface area contributed by atoms with Crippen molar-refractivity contribution in [2.45, 2.75) is 25.7 Å². The molecular formula is C16H20Cl2N2O2. The van der Waals surface area contributed by atoms with Gasteiger partial charge in [-0.2, -0.15) is 0 Å². The van der Waals surface area contributed by atoms with Gasteiger partial charge in [0.25, 0.3) is 0 Å². The average Bonchev–Trinajstić information content (AvgIpc) is 2.45. The topological polar surface area (TPSA) is 49.4 Å². The van der Waals surface area contributed by atoms with Crippen LogP contribution in [0.5, 0.6) is 0 Å². The van der Waals surface area contributed by atoms with E-state index in [1.807, 2.05) is 0 Å². The summed E-state index contributed by atoms with van der Waals surface area (Å²) in [5.74, 6) is -0.679. The Hall–Kier alpha value is -1.26. The zero-order chi connectivity index (χ0) is 16.3. The lowest BCUT2D eigenvalue weighted by atomic mass is 9.78. The van der Waals surface area contributed by atoms with Gasteiger partial charge in [0, 0.05) is 41.7 Å². The van der Waals surface area contributed by atoms with Gasteiger partial charge in [-0.1, -0.05) is 36.0 Å². The van der Waals surface area contributed by atoms with Crippen molar-refractivity contribution in [2.24, 2.45) is 11.8 Å². The molecule has 0 unspecified atom stereocenters. The molecule has 120 valence electrons. The van der Waals surface area contributed by atoms with Gasteiger partial charge >= 0.3 is 0 Å². The third kappa shape index (κ3) is 4.14. The summed E-state index contributed by atoms with van der Waals surface area (Å²) in [4.78, 5) is 26.4. The van der Waals surface area contributed by atoms with Crippen molar-refractivity contribution >= 4 is 40.7 Å². The Kier molecular flexibility index (Phi) is 5.70. The molecule has 1 aromatic carbocycles. The highest BCUT2D eigenvalue weighted by Gasteiger charge is 2.36. The lowest BCUT2D eigenvalue weighted by molar-refractivity contribution is -0.140. The first-order valence-corrected chi connectivity index (χ1v) is 8.12. The minimum atomic E-state index is -0.304. The number of hydrogen-bond acceptors (Lipinski definition) is 2. The van der Waals surface area contributed by atoms with E-state index in [0.29, 0.717) is 15.7 Å². The Morgan fingerprint density at radius 2 is 1.59 bits per heavy atom. The predicted molar refractivity (Wildman–Crippen MR) is 89.2 cm³/mol. The molecule has 0 heterocycles. The molecule has 22 heavy (non-hydrogen) atoms. The van der Waals surface area contributed by atoms with Gasteiger partial charge in [0.15, 0.2) is 0 Å². The second-order valence-corrected chi connectivity index (χ2v) is 6.75. The van der Waals surface area contributed by atoms with Gasteiger partial charge < -0.3 is 10.2 Å². The molecule has 0 aliphatic heterocycles. The summed E-state index contributed by atoms with van der Waals surface area (Å²) in [6, 6.07) is 4.91. The molecule has 1 fully saturated rings. The highest BCUT2D eigenvalue weighted by Crippen LogP contribution is 2.32. The third-order valence-corrected chi connectivity index (χ3v) is 4.43. The van der Waals surface area contributed by atoms with Crippen molar-refractivity contribution < 1.29 is 9.59 Å². The van der Waals surface area contributed by atoms with E-state index in [9.17, 15) is 9.59 Å². The Balaban J connectivity index is 2.13. The highest BCUT2D eigenvalue weighted by atomic mass is 35.5. The molecule has 0 saturated heterocycles. The first-order chi connectivity index (χ1) is 10.4. The van der Waals surface area contributed by atoms with Crippen LogP contribution in [0, 0.1) is 11.8 Å². The van der Waals surface area contributed by atoms with E-state index in [2.05, 4.69) is 5.32 Å². The van der Waals surface area contributed by atoms with Gasteiger partial charge in [0.05, 0.1) is 0 Å². The fourth-order valence-corrected chi connectivity index (χ4v) is 3.46. The summed E-state index contributed by atoms with van der Waals surface area (Å²) in [7, 11) is 3.45.